The van der Waals surface area contributed by atoms with Gasteiger partial charge in [-0.2, -0.15) is 0 Å². The van der Waals surface area contributed by atoms with Crippen molar-refractivity contribution in [3.05, 3.63) is 71.3 Å². The summed E-state index contributed by atoms with van der Waals surface area (Å²) < 4.78 is 10.4. The van der Waals surface area contributed by atoms with Gasteiger partial charge in [0.05, 0.1) is 11.1 Å². The molecule has 2 aromatic carbocycles. The third-order valence-electron chi connectivity index (χ3n) is 3.09. The Balaban J connectivity index is 0.000000271. The molecule has 2 aromatic rings. The van der Waals surface area contributed by atoms with Gasteiger partial charge in [0.25, 0.3) is 0 Å². The van der Waals surface area contributed by atoms with E-state index in [-0.39, 0.29) is 11.9 Å². The molecule has 0 aromatic heterocycles. The van der Waals surface area contributed by atoms with E-state index in [2.05, 4.69) is 0 Å². The lowest BCUT2D eigenvalue weighted by Crippen LogP contribution is -2.23. The van der Waals surface area contributed by atoms with Gasteiger partial charge in [0.1, 0.15) is 11.2 Å². The molecule has 4 nitrogen and oxygen atoms in total. The molecule has 0 atom stereocenters. The molecule has 0 fully saturated rings. The fourth-order valence-electron chi connectivity index (χ4n) is 1.94. The predicted molar refractivity (Wildman–Crippen MR) is 108 cm³/mol. The average Bonchev–Trinajstić information content (AvgIpc) is 2.54. The van der Waals surface area contributed by atoms with E-state index in [4.69, 9.17) is 9.47 Å². The molecule has 0 aliphatic carbocycles. The highest BCUT2D eigenvalue weighted by molar-refractivity contribution is 5.90. The van der Waals surface area contributed by atoms with Crippen LogP contribution in [-0.4, -0.2) is 23.1 Å². The van der Waals surface area contributed by atoms with Crippen molar-refractivity contribution in [1.29, 1.82) is 0 Å². The lowest BCUT2D eigenvalue weighted by molar-refractivity contribution is 0.00570. The number of aryl methyl sites for hydroxylation is 1. The monoisotopic (exact) mass is 370 g/mol. The Kier molecular flexibility index (Phi) is 7.77. The maximum atomic E-state index is 11.5. The van der Waals surface area contributed by atoms with Gasteiger partial charge < -0.3 is 9.47 Å². The number of hydrogen-bond acceptors (Lipinski definition) is 4. The van der Waals surface area contributed by atoms with Gasteiger partial charge in [0.15, 0.2) is 0 Å². The quantitative estimate of drug-likeness (QED) is 0.646. The molecule has 0 amide bonds. The summed E-state index contributed by atoms with van der Waals surface area (Å²) in [6.45, 7) is 13.1. The molecule has 0 aliphatic rings. The number of carbonyl (C=O) groups excluding carboxylic acids is 2. The molecule has 27 heavy (non-hydrogen) atoms. The van der Waals surface area contributed by atoms with Crippen LogP contribution in [0.1, 0.15) is 67.8 Å². The second-order valence-electron chi connectivity index (χ2n) is 8.24. The maximum absolute atomic E-state index is 11.5. The van der Waals surface area contributed by atoms with Crippen molar-refractivity contribution in [2.24, 2.45) is 0 Å². The van der Waals surface area contributed by atoms with Gasteiger partial charge in [-0.15, -0.1) is 0 Å². The normalized spacial score (nSPS) is 11.1. The van der Waals surface area contributed by atoms with Crippen LogP contribution in [0.5, 0.6) is 0 Å². The van der Waals surface area contributed by atoms with Crippen LogP contribution in [0.4, 0.5) is 0 Å². The molecule has 146 valence electrons. The molecular formula is C23H30O4. The molecule has 0 unspecified atom stereocenters. The average molecular weight is 370 g/mol. The lowest BCUT2D eigenvalue weighted by Gasteiger charge is -2.19. The van der Waals surface area contributed by atoms with Crippen molar-refractivity contribution in [2.75, 3.05) is 0 Å². The summed E-state index contributed by atoms with van der Waals surface area (Å²) >= 11 is 0. The number of ether oxygens (including phenoxy) is 2. The van der Waals surface area contributed by atoms with Crippen molar-refractivity contribution in [3.8, 4) is 0 Å². The van der Waals surface area contributed by atoms with Crippen molar-refractivity contribution >= 4 is 11.9 Å². The van der Waals surface area contributed by atoms with Gasteiger partial charge in [0.2, 0.25) is 0 Å². The van der Waals surface area contributed by atoms with E-state index in [0.29, 0.717) is 11.1 Å². The van der Waals surface area contributed by atoms with Gasteiger partial charge in [-0.3, -0.25) is 0 Å². The first-order valence-corrected chi connectivity index (χ1v) is 8.96. The van der Waals surface area contributed by atoms with Gasteiger partial charge in [0, 0.05) is 0 Å². The van der Waals surface area contributed by atoms with Gasteiger partial charge in [-0.05, 0) is 72.7 Å². The third-order valence-corrected chi connectivity index (χ3v) is 3.09. The zero-order valence-corrected chi connectivity index (χ0v) is 17.3. The first-order valence-electron chi connectivity index (χ1n) is 8.96. The van der Waals surface area contributed by atoms with Gasteiger partial charge in [-0.25, -0.2) is 9.59 Å². The first kappa shape index (κ1) is 22.4. The van der Waals surface area contributed by atoms with Crippen molar-refractivity contribution in [1.82, 2.24) is 0 Å². The smallest absolute Gasteiger partial charge is 0.338 e. The van der Waals surface area contributed by atoms with Crippen molar-refractivity contribution < 1.29 is 19.1 Å². The second kappa shape index (κ2) is 9.36. The fraction of sp³-hybridized carbons (Fsp3) is 0.391. The molecule has 0 heterocycles. The Bertz CT molecular complexity index is 733. The minimum atomic E-state index is -0.429. The summed E-state index contributed by atoms with van der Waals surface area (Å²) in [5.41, 5.74) is 1.48. The van der Waals surface area contributed by atoms with Crippen molar-refractivity contribution in [3.63, 3.8) is 0 Å². The fourth-order valence-corrected chi connectivity index (χ4v) is 1.94. The molecule has 0 aliphatic heterocycles. The summed E-state index contributed by atoms with van der Waals surface area (Å²) in [6, 6.07) is 16.4. The first-order chi connectivity index (χ1) is 12.4. The van der Waals surface area contributed by atoms with Crippen molar-refractivity contribution in [2.45, 2.75) is 59.7 Å². The number of benzene rings is 2. The standard InChI is InChI=1S/C12H16O2.C11H14O2/c1-9-5-7-10(8-6-9)11(13)14-12(2,3)4;1-11(2,3)13-10(12)9-7-5-4-6-8-9/h5-8H,1-4H3;4-8H,1-3H3. The summed E-state index contributed by atoms with van der Waals surface area (Å²) in [4.78, 5) is 23.0. The van der Waals surface area contributed by atoms with E-state index in [0.717, 1.165) is 5.56 Å². The van der Waals surface area contributed by atoms with E-state index < -0.39 is 11.2 Å². The maximum Gasteiger partial charge on any atom is 0.338 e. The van der Waals surface area contributed by atoms with Crippen LogP contribution >= 0.6 is 0 Å². The zero-order chi connectivity index (χ0) is 20.7. The minimum Gasteiger partial charge on any atom is -0.456 e. The Labute approximate surface area is 162 Å². The zero-order valence-electron chi connectivity index (χ0n) is 17.3. The number of hydrogen-bond donors (Lipinski definition) is 0. The second-order valence-corrected chi connectivity index (χ2v) is 8.24. The van der Waals surface area contributed by atoms with E-state index >= 15 is 0 Å². The molecule has 0 bridgehead atoms. The molecule has 0 saturated carbocycles. The highest BCUT2D eigenvalue weighted by Gasteiger charge is 2.18. The topological polar surface area (TPSA) is 52.6 Å². The van der Waals surface area contributed by atoms with Crippen LogP contribution in [0.2, 0.25) is 0 Å². The SMILES string of the molecule is CC(C)(C)OC(=O)c1ccccc1.Cc1ccc(C(=O)OC(C)(C)C)cc1. The molecule has 4 heteroatoms. The molecule has 0 N–H and O–H groups in total. The van der Waals surface area contributed by atoms with Crippen LogP contribution in [-0.2, 0) is 9.47 Å². The molecule has 0 spiro atoms. The van der Waals surface area contributed by atoms with E-state index in [1.807, 2.05) is 78.8 Å². The third kappa shape index (κ3) is 9.59. The predicted octanol–water partition coefficient (Wildman–Crippen LogP) is 5.59. The molecular weight excluding hydrogens is 340 g/mol. The van der Waals surface area contributed by atoms with Crippen LogP contribution < -0.4 is 0 Å². The van der Waals surface area contributed by atoms with E-state index in [1.165, 1.54) is 0 Å². The highest BCUT2D eigenvalue weighted by atomic mass is 16.6. The van der Waals surface area contributed by atoms with Gasteiger partial charge >= 0.3 is 11.9 Å². The highest BCUT2D eigenvalue weighted by Crippen LogP contribution is 2.13. The van der Waals surface area contributed by atoms with Crippen LogP contribution in [0, 0.1) is 6.92 Å². The summed E-state index contributed by atoms with van der Waals surface area (Å²) in [5, 5.41) is 0. The van der Waals surface area contributed by atoms with E-state index in [9.17, 15) is 9.59 Å². The summed E-state index contributed by atoms with van der Waals surface area (Å²) in [7, 11) is 0. The molecule has 2 rings (SSSR count). The number of carbonyl (C=O) groups is 2. The summed E-state index contributed by atoms with van der Waals surface area (Å²) in [5.74, 6) is -0.536. The van der Waals surface area contributed by atoms with Gasteiger partial charge in [-0.1, -0.05) is 35.9 Å². The molecule has 0 saturated heterocycles. The molecule has 0 radical (unpaired) electrons. The Hall–Kier alpha value is -2.62. The van der Waals surface area contributed by atoms with E-state index in [1.54, 1.807) is 24.3 Å². The van der Waals surface area contributed by atoms with Crippen LogP contribution in [0.15, 0.2) is 54.6 Å². The minimum absolute atomic E-state index is 0.266. The largest absolute Gasteiger partial charge is 0.456 e. The Morgan fingerprint density at radius 2 is 1.00 bits per heavy atom. The lowest BCUT2D eigenvalue weighted by atomic mass is 10.1. The Morgan fingerprint density at radius 3 is 1.37 bits per heavy atom. The summed E-state index contributed by atoms with van der Waals surface area (Å²) in [6.07, 6.45) is 0. The number of rotatable bonds is 2. The van der Waals surface area contributed by atoms with Crippen LogP contribution in [0.3, 0.4) is 0 Å². The van der Waals surface area contributed by atoms with Crippen LogP contribution in [0.25, 0.3) is 0 Å². The number of esters is 2. The Morgan fingerprint density at radius 1 is 0.630 bits per heavy atom.